The van der Waals surface area contributed by atoms with Crippen molar-refractivity contribution in [2.75, 3.05) is 4.43 Å². The molecule has 0 aromatic heterocycles. The van der Waals surface area contributed by atoms with Crippen LogP contribution in [0.4, 0.5) is 0 Å². The normalized spacial score (nSPS) is 33.6. The molecule has 84 valence electrons. The molecule has 0 aromatic rings. The SMILES string of the molecule is CCC1CCC(CI)(OC(C)C)CC1. The van der Waals surface area contributed by atoms with E-state index in [0.717, 1.165) is 10.3 Å². The van der Waals surface area contributed by atoms with Gasteiger partial charge in [0.05, 0.1) is 11.7 Å². The second kappa shape index (κ2) is 5.69. The second-order valence-corrected chi connectivity index (χ2v) is 5.60. The van der Waals surface area contributed by atoms with Crippen LogP contribution in [0.25, 0.3) is 0 Å². The number of alkyl halides is 1. The Balaban J connectivity index is 2.48. The molecule has 1 aliphatic rings. The summed E-state index contributed by atoms with van der Waals surface area (Å²) in [6, 6.07) is 0. The molecule has 0 N–H and O–H groups in total. The molecule has 2 heteroatoms. The predicted molar refractivity (Wildman–Crippen MR) is 70.1 cm³/mol. The fourth-order valence-electron chi connectivity index (χ4n) is 2.39. The van der Waals surface area contributed by atoms with E-state index in [1.54, 1.807) is 0 Å². The molecule has 0 saturated heterocycles. The Kier molecular flexibility index (Phi) is 5.18. The van der Waals surface area contributed by atoms with E-state index in [4.69, 9.17) is 4.74 Å². The highest BCUT2D eigenvalue weighted by Crippen LogP contribution is 2.38. The van der Waals surface area contributed by atoms with E-state index in [1.807, 2.05) is 0 Å². The maximum Gasteiger partial charge on any atom is 0.0775 e. The maximum absolute atomic E-state index is 6.11. The van der Waals surface area contributed by atoms with Gasteiger partial charge < -0.3 is 4.74 Å². The highest BCUT2D eigenvalue weighted by Gasteiger charge is 2.35. The molecule has 0 bridgehead atoms. The highest BCUT2D eigenvalue weighted by atomic mass is 127. The van der Waals surface area contributed by atoms with Crippen LogP contribution in [0.15, 0.2) is 0 Å². The molecule has 0 radical (unpaired) electrons. The number of halogens is 1. The van der Waals surface area contributed by atoms with E-state index >= 15 is 0 Å². The van der Waals surface area contributed by atoms with Gasteiger partial charge in [-0.3, -0.25) is 0 Å². The zero-order valence-corrected chi connectivity index (χ0v) is 11.8. The zero-order valence-electron chi connectivity index (χ0n) is 9.68. The molecule has 0 amide bonds. The van der Waals surface area contributed by atoms with Crippen LogP contribution in [0.1, 0.15) is 52.9 Å². The van der Waals surface area contributed by atoms with Crippen LogP contribution in [-0.4, -0.2) is 16.1 Å². The first-order chi connectivity index (χ1) is 6.62. The maximum atomic E-state index is 6.11. The summed E-state index contributed by atoms with van der Waals surface area (Å²) in [5.41, 5.74) is 0.209. The molecule has 0 aliphatic heterocycles. The van der Waals surface area contributed by atoms with E-state index in [-0.39, 0.29) is 5.60 Å². The quantitative estimate of drug-likeness (QED) is 0.559. The molecule has 0 heterocycles. The van der Waals surface area contributed by atoms with Gasteiger partial charge in [0, 0.05) is 4.43 Å². The number of hydrogen-bond donors (Lipinski definition) is 0. The number of hydrogen-bond acceptors (Lipinski definition) is 1. The van der Waals surface area contributed by atoms with E-state index in [1.165, 1.54) is 32.1 Å². The van der Waals surface area contributed by atoms with Gasteiger partial charge in [-0.2, -0.15) is 0 Å². The fraction of sp³-hybridized carbons (Fsp3) is 1.00. The highest BCUT2D eigenvalue weighted by molar-refractivity contribution is 14.1. The van der Waals surface area contributed by atoms with Crippen LogP contribution < -0.4 is 0 Å². The van der Waals surface area contributed by atoms with Crippen molar-refractivity contribution in [1.82, 2.24) is 0 Å². The van der Waals surface area contributed by atoms with Gasteiger partial charge in [0.1, 0.15) is 0 Å². The van der Waals surface area contributed by atoms with Gasteiger partial charge in [-0.05, 0) is 45.4 Å². The predicted octanol–water partition coefficient (Wildman–Crippen LogP) is 4.19. The van der Waals surface area contributed by atoms with Gasteiger partial charge in [-0.15, -0.1) is 0 Å². The summed E-state index contributed by atoms with van der Waals surface area (Å²) in [7, 11) is 0. The lowest BCUT2D eigenvalue weighted by molar-refractivity contribution is -0.0899. The van der Waals surface area contributed by atoms with Crippen molar-refractivity contribution in [1.29, 1.82) is 0 Å². The summed E-state index contributed by atoms with van der Waals surface area (Å²) in [4.78, 5) is 0. The molecule has 1 fully saturated rings. The summed E-state index contributed by atoms with van der Waals surface area (Å²) in [5.74, 6) is 0.960. The topological polar surface area (TPSA) is 9.23 Å². The lowest BCUT2D eigenvalue weighted by Gasteiger charge is -2.40. The van der Waals surface area contributed by atoms with Gasteiger partial charge in [-0.25, -0.2) is 0 Å². The van der Waals surface area contributed by atoms with Crippen LogP contribution in [0.5, 0.6) is 0 Å². The lowest BCUT2D eigenvalue weighted by Crippen LogP contribution is -2.40. The summed E-state index contributed by atoms with van der Waals surface area (Å²) in [6.07, 6.45) is 7.00. The van der Waals surface area contributed by atoms with E-state index in [9.17, 15) is 0 Å². The number of rotatable bonds is 4. The Bertz CT molecular complexity index is 160. The third-order valence-electron chi connectivity index (χ3n) is 3.32. The molecule has 14 heavy (non-hydrogen) atoms. The van der Waals surface area contributed by atoms with Crippen molar-refractivity contribution in [2.45, 2.75) is 64.6 Å². The minimum absolute atomic E-state index is 0.209. The van der Waals surface area contributed by atoms with Crippen molar-refractivity contribution in [3.05, 3.63) is 0 Å². The molecule has 1 nitrogen and oxygen atoms in total. The lowest BCUT2D eigenvalue weighted by atomic mass is 9.78. The Morgan fingerprint density at radius 2 is 1.93 bits per heavy atom. The molecule has 1 rings (SSSR count). The van der Waals surface area contributed by atoms with Crippen molar-refractivity contribution in [3.63, 3.8) is 0 Å². The standard InChI is InChI=1S/C12H23IO/c1-4-11-5-7-12(9-13,8-6-11)14-10(2)3/h10-11H,4-9H2,1-3H3. The van der Waals surface area contributed by atoms with Gasteiger partial charge in [0.25, 0.3) is 0 Å². The molecule has 0 unspecified atom stereocenters. The monoisotopic (exact) mass is 310 g/mol. The first-order valence-electron chi connectivity index (χ1n) is 5.85. The van der Waals surface area contributed by atoms with Crippen LogP contribution >= 0.6 is 22.6 Å². The Labute approximate surface area is 102 Å². The Hall–Kier alpha value is 0.690. The van der Waals surface area contributed by atoms with Gasteiger partial charge in [-0.1, -0.05) is 35.9 Å². The van der Waals surface area contributed by atoms with E-state index in [2.05, 4.69) is 43.4 Å². The van der Waals surface area contributed by atoms with Gasteiger partial charge >= 0.3 is 0 Å². The Morgan fingerprint density at radius 1 is 1.36 bits per heavy atom. The third kappa shape index (κ3) is 3.37. The fourth-order valence-corrected chi connectivity index (χ4v) is 3.34. The minimum Gasteiger partial charge on any atom is -0.372 e. The van der Waals surface area contributed by atoms with Crippen molar-refractivity contribution >= 4 is 22.6 Å². The van der Waals surface area contributed by atoms with Crippen LogP contribution in [0.2, 0.25) is 0 Å². The second-order valence-electron chi connectivity index (χ2n) is 4.83. The summed E-state index contributed by atoms with van der Waals surface area (Å²) in [6.45, 7) is 6.62. The molecule has 0 aromatic carbocycles. The molecule has 0 spiro atoms. The summed E-state index contributed by atoms with van der Waals surface area (Å²) in [5, 5.41) is 0. The number of ether oxygens (including phenoxy) is 1. The Morgan fingerprint density at radius 3 is 2.29 bits per heavy atom. The third-order valence-corrected chi connectivity index (χ3v) is 4.71. The molecule has 1 saturated carbocycles. The average Bonchev–Trinajstić information content (AvgIpc) is 2.18. The van der Waals surface area contributed by atoms with Crippen LogP contribution in [0, 0.1) is 5.92 Å². The molecule has 0 atom stereocenters. The minimum atomic E-state index is 0.209. The zero-order chi connectivity index (χ0) is 10.6. The van der Waals surface area contributed by atoms with Crippen LogP contribution in [-0.2, 0) is 4.74 Å². The van der Waals surface area contributed by atoms with Crippen LogP contribution in [0.3, 0.4) is 0 Å². The summed E-state index contributed by atoms with van der Waals surface area (Å²) >= 11 is 2.49. The molecular weight excluding hydrogens is 287 g/mol. The molecular formula is C12H23IO. The van der Waals surface area contributed by atoms with Crippen molar-refractivity contribution in [2.24, 2.45) is 5.92 Å². The first-order valence-corrected chi connectivity index (χ1v) is 7.38. The largest absolute Gasteiger partial charge is 0.372 e. The summed E-state index contributed by atoms with van der Waals surface area (Å²) < 4.78 is 7.27. The molecule has 1 aliphatic carbocycles. The first kappa shape index (κ1) is 12.8. The van der Waals surface area contributed by atoms with Crippen molar-refractivity contribution < 1.29 is 4.74 Å². The smallest absolute Gasteiger partial charge is 0.0775 e. The van der Waals surface area contributed by atoms with E-state index in [0.29, 0.717) is 6.10 Å². The van der Waals surface area contributed by atoms with E-state index < -0.39 is 0 Å². The van der Waals surface area contributed by atoms with Crippen molar-refractivity contribution in [3.8, 4) is 0 Å². The van der Waals surface area contributed by atoms with Gasteiger partial charge in [0.15, 0.2) is 0 Å². The van der Waals surface area contributed by atoms with Gasteiger partial charge in [0.2, 0.25) is 0 Å². The average molecular weight is 310 g/mol.